The fourth-order valence-corrected chi connectivity index (χ4v) is 3.82. The predicted octanol–water partition coefficient (Wildman–Crippen LogP) is 4.91. The van der Waals surface area contributed by atoms with Crippen molar-refractivity contribution in [3.63, 3.8) is 0 Å². The van der Waals surface area contributed by atoms with Crippen LogP contribution in [0.25, 0.3) is 0 Å². The number of urea groups is 1. The Bertz CT molecular complexity index is 867. The fraction of sp³-hybridized carbons (Fsp3) is 0.364. The Morgan fingerprint density at radius 3 is 2.57 bits per heavy atom. The molecule has 1 N–H and O–H groups in total. The number of nitrogens with zero attached hydrogens (tertiary/aromatic N) is 2. The van der Waals surface area contributed by atoms with Crippen LogP contribution in [0.1, 0.15) is 31.2 Å². The van der Waals surface area contributed by atoms with Crippen LogP contribution in [0, 0.1) is 5.92 Å². The Morgan fingerprint density at radius 1 is 1.07 bits per heavy atom. The van der Waals surface area contributed by atoms with Gasteiger partial charge in [0, 0.05) is 31.2 Å². The molecule has 0 radical (unpaired) electrons. The molecule has 2 aromatic carbocycles. The number of benzene rings is 2. The van der Waals surface area contributed by atoms with E-state index in [2.05, 4.69) is 5.32 Å². The summed E-state index contributed by atoms with van der Waals surface area (Å²) in [5, 5.41) is 3.42. The van der Waals surface area contributed by atoms with Crippen molar-refractivity contribution in [2.75, 3.05) is 23.3 Å². The molecule has 146 valence electrons. The van der Waals surface area contributed by atoms with Gasteiger partial charge in [-0.1, -0.05) is 48.4 Å². The van der Waals surface area contributed by atoms with E-state index in [1.165, 1.54) is 0 Å². The van der Waals surface area contributed by atoms with Crippen LogP contribution < -0.4 is 10.2 Å². The predicted molar refractivity (Wildman–Crippen MR) is 112 cm³/mol. The van der Waals surface area contributed by atoms with Gasteiger partial charge < -0.3 is 10.2 Å². The van der Waals surface area contributed by atoms with E-state index in [1.54, 1.807) is 11.0 Å². The highest BCUT2D eigenvalue weighted by Crippen LogP contribution is 2.32. The molecule has 0 aromatic heterocycles. The van der Waals surface area contributed by atoms with Gasteiger partial charge in [0.25, 0.3) is 0 Å². The van der Waals surface area contributed by atoms with E-state index in [0.717, 1.165) is 43.5 Å². The second-order valence-corrected chi connectivity index (χ2v) is 7.88. The molecule has 0 unspecified atom stereocenters. The Morgan fingerprint density at radius 2 is 1.86 bits per heavy atom. The average molecular weight is 398 g/mol. The molecule has 0 atom stereocenters. The quantitative estimate of drug-likeness (QED) is 0.779. The molecule has 1 saturated heterocycles. The Hall–Kier alpha value is -2.53. The van der Waals surface area contributed by atoms with Crippen molar-refractivity contribution in [2.45, 2.75) is 32.2 Å². The highest BCUT2D eigenvalue weighted by molar-refractivity contribution is 6.34. The van der Waals surface area contributed by atoms with Gasteiger partial charge in [-0.25, -0.2) is 4.79 Å². The van der Waals surface area contributed by atoms with E-state index in [1.807, 2.05) is 47.4 Å². The molecule has 2 aromatic rings. The molecule has 6 heteroatoms. The van der Waals surface area contributed by atoms with Crippen LogP contribution in [0.3, 0.4) is 0 Å². The zero-order chi connectivity index (χ0) is 19.5. The lowest BCUT2D eigenvalue weighted by atomic mass is 9.85. The number of carbonyl (C=O) groups is 2. The van der Waals surface area contributed by atoms with Crippen molar-refractivity contribution in [2.24, 2.45) is 5.92 Å². The Labute approximate surface area is 170 Å². The summed E-state index contributed by atoms with van der Waals surface area (Å²) in [6.45, 7) is 1.99. The van der Waals surface area contributed by atoms with Gasteiger partial charge in [-0.2, -0.15) is 0 Å². The van der Waals surface area contributed by atoms with Gasteiger partial charge in [0.05, 0.1) is 10.7 Å². The van der Waals surface area contributed by atoms with Gasteiger partial charge in [0.1, 0.15) is 0 Å². The molecule has 2 fully saturated rings. The van der Waals surface area contributed by atoms with Gasteiger partial charge in [0.2, 0.25) is 5.91 Å². The van der Waals surface area contributed by atoms with E-state index in [-0.39, 0.29) is 17.9 Å². The van der Waals surface area contributed by atoms with Crippen molar-refractivity contribution in [3.05, 3.63) is 59.1 Å². The second kappa shape index (κ2) is 8.23. The van der Waals surface area contributed by atoms with Crippen LogP contribution in [-0.4, -0.2) is 29.9 Å². The Balaban J connectivity index is 1.50. The maximum atomic E-state index is 13.0. The van der Waals surface area contributed by atoms with Gasteiger partial charge in [0.15, 0.2) is 0 Å². The first kappa shape index (κ1) is 18.8. The maximum Gasteiger partial charge on any atom is 0.324 e. The number of rotatable bonds is 5. The normalized spacial score (nSPS) is 17.4. The first-order valence-electron chi connectivity index (χ1n) is 9.82. The van der Waals surface area contributed by atoms with Gasteiger partial charge in [-0.05, 0) is 43.0 Å². The number of anilines is 2. The number of hydrogen-bond donors (Lipinski definition) is 1. The molecule has 2 aliphatic rings. The topological polar surface area (TPSA) is 52.7 Å². The zero-order valence-corrected chi connectivity index (χ0v) is 16.5. The van der Waals surface area contributed by atoms with E-state index < -0.39 is 0 Å². The first-order chi connectivity index (χ1) is 13.6. The molecule has 1 heterocycles. The zero-order valence-electron chi connectivity index (χ0n) is 15.7. The maximum absolute atomic E-state index is 13.0. The molecule has 1 aliphatic carbocycles. The third kappa shape index (κ3) is 3.99. The Kier molecular flexibility index (Phi) is 5.53. The molecule has 1 aliphatic heterocycles. The molecule has 0 spiro atoms. The standard InChI is InChI=1S/C22H24ClN3O2/c23-19-11-10-18(14-20(19)24-21(27)17-8-4-9-17)26-13-5-12-25(22(26)28)15-16-6-2-1-3-7-16/h1-3,6-7,10-11,14,17H,4-5,8-9,12-13,15H2,(H,24,27). The summed E-state index contributed by atoms with van der Waals surface area (Å²) < 4.78 is 0. The summed E-state index contributed by atoms with van der Waals surface area (Å²) >= 11 is 6.29. The average Bonchev–Trinajstić information content (AvgIpc) is 2.65. The lowest BCUT2D eigenvalue weighted by molar-refractivity contribution is -0.122. The minimum absolute atomic E-state index is 0.0148. The molecular formula is C22H24ClN3O2. The van der Waals surface area contributed by atoms with Crippen LogP contribution in [0.5, 0.6) is 0 Å². The van der Waals surface area contributed by atoms with Crippen molar-refractivity contribution in [1.82, 2.24) is 4.90 Å². The second-order valence-electron chi connectivity index (χ2n) is 7.48. The van der Waals surface area contributed by atoms with Gasteiger partial charge in [-0.3, -0.25) is 9.69 Å². The van der Waals surface area contributed by atoms with Crippen LogP contribution >= 0.6 is 11.6 Å². The van der Waals surface area contributed by atoms with Gasteiger partial charge in [-0.15, -0.1) is 0 Å². The molecule has 3 amide bonds. The molecule has 4 rings (SSSR count). The molecular weight excluding hydrogens is 374 g/mol. The number of nitrogens with one attached hydrogen (secondary N) is 1. The molecule has 5 nitrogen and oxygen atoms in total. The number of halogens is 1. The van der Waals surface area contributed by atoms with Crippen LogP contribution in [0.15, 0.2) is 48.5 Å². The number of hydrogen-bond acceptors (Lipinski definition) is 2. The van der Waals surface area contributed by atoms with Crippen molar-refractivity contribution in [1.29, 1.82) is 0 Å². The third-order valence-electron chi connectivity index (χ3n) is 5.52. The van der Waals surface area contributed by atoms with Crippen LogP contribution in [0.2, 0.25) is 5.02 Å². The summed E-state index contributed by atoms with van der Waals surface area (Å²) in [6, 6.07) is 15.4. The summed E-state index contributed by atoms with van der Waals surface area (Å²) in [4.78, 5) is 29.0. The van der Waals surface area contributed by atoms with E-state index in [0.29, 0.717) is 23.8 Å². The van der Waals surface area contributed by atoms with Crippen LogP contribution in [0.4, 0.5) is 16.2 Å². The molecule has 28 heavy (non-hydrogen) atoms. The number of amides is 3. The van der Waals surface area contributed by atoms with Crippen molar-refractivity contribution in [3.8, 4) is 0 Å². The highest BCUT2D eigenvalue weighted by atomic mass is 35.5. The lowest BCUT2D eigenvalue weighted by Crippen LogP contribution is -2.49. The fourth-order valence-electron chi connectivity index (χ4n) is 3.65. The minimum Gasteiger partial charge on any atom is -0.324 e. The summed E-state index contributed by atoms with van der Waals surface area (Å²) in [6.07, 6.45) is 3.86. The monoisotopic (exact) mass is 397 g/mol. The lowest BCUT2D eigenvalue weighted by Gasteiger charge is -2.36. The number of carbonyl (C=O) groups excluding carboxylic acids is 2. The van der Waals surface area contributed by atoms with Crippen molar-refractivity contribution < 1.29 is 9.59 Å². The summed E-state index contributed by atoms with van der Waals surface area (Å²) in [5.41, 5.74) is 2.45. The largest absolute Gasteiger partial charge is 0.324 e. The van der Waals surface area contributed by atoms with Crippen LogP contribution in [-0.2, 0) is 11.3 Å². The van der Waals surface area contributed by atoms with Gasteiger partial charge >= 0.3 is 6.03 Å². The SMILES string of the molecule is O=C(Nc1cc(N2CCCN(Cc3ccccc3)C2=O)ccc1Cl)C1CCC1. The smallest absolute Gasteiger partial charge is 0.324 e. The first-order valence-corrected chi connectivity index (χ1v) is 10.2. The van der Waals surface area contributed by atoms with E-state index in [4.69, 9.17) is 11.6 Å². The highest BCUT2D eigenvalue weighted by Gasteiger charge is 2.28. The summed E-state index contributed by atoms with van der Waals surface area (Å²) in [5.74, 6) is 0.0960. The molecule has 0 bridgehead atoms. The molecule has 1 saturated carbocycles. The van der Waals surface area contributed by atoms with E-state index in [9.17, 15) is 9.59 Å². The van der Waals surface area contributed by atoms with E-state index >= 15 is 0 Å². The summed E-state index contributed by atoms with van der Waals surface area (Å²) in [7, 11) is 0. The van der Waals surface area contributed by atoms with Crippen molar-refractivity contribution >= 4 is 34.9 Å². The third-order valence-corrected chi connectivity index (χ3v) is 5.85. The minimum atomic E-state index is -0.0197.